The molecule has 0 aliphatic carbocycles. The van der Waals surface area contributed by atoms with Gasteiger partial charge in [-0.25, -0.2) is 4.68 Å². The second-order valence-electron chi connectivity index (χ2n) is 5.73. The van der Waals surface area contributed by atoms with Crippen molar-refractivity contribution < 1.29 is 4.79 Å². The molecular weight excluding hydrogens is 414 g/mol. The first-order valence-electron chi connectivity index (χ1n) is 8.09. The average Bonchev–Trinajstić information content (AvgIpc) is 3.08. The first kappa shape index (κ1) is 18.6. The third-order valence-corrected chi connectivity index (χ3v) is 5.24. The van der Waals surface area contributed by atoms with Crippen molar-refractivity contribution in [3.8, 4) is 0 Å². The van der Waals surface area contributed by atoms with E-state index in [0.29, 0.717) is 11.7 Å². The zero-order chi connectivity index (χ0) is 18.4. The zero-order valence-electron chi connectivity index (χ0n) is 14.2. The van der Waals surface area contributed by atoms with Crippen LogP contribution in [0.15, 0.2) is 64.2 Å². The minimum Gasteiger partial charge on any atom is -0.349 e. The maximum absolute atomic E-state index is 12.2. The fourth-order valence-electron chi connectivity index (χ4n) is 2.40. The first-order chi connectivity index (χ1) is 12.6. The summed E-state index contributed by atoms with van der Waals surface area (Å²) < 4.78 is 2.71. The van der Waals surface area contributed by atoms with E-state index < -0.39 is 0 Å². The van der Waals surface area contributed by atoms with Crippen LogP contribution in [0, 0.1) is 0 Å². The van der Waals surface area contributed by atoms with Gasteiger partial charge in [-0.15, -0.1) is 5.10 Å². The van der Waals surface area contributed by atoms with Crippen molar-refractivity contribution in [2.24, 2.45) is 0 Å². The Morgan fingerprint density at radius 1 is 1.19 bits per heavy atom. The van der Waals surface area contributed by atoms with E-state index in [1.165, 1.54) is 11.8 Å². The lowest BCUT2D eigenvalue weighted by atomic mass is 10.1. The van der Waals surface area contributed by atoms with Crippen LogP contribution in [-0.4, -0.2) is 31.9 Å². The Hall–Kier alpha value is -2.19. The molecule has 6 nitrogen and oxygen atoms in total. The van der Waals surface area contributed by atoms with Crippen molar-refractivity contribution in [2.45, 2.75) is 24.7 Å². The number of carbonyl (C=O) groups is 1. The van der Waals surface area contributed by atoms with E-state index in [1.807, 2.05) is 61.5 Å². The Morgan fingerprint density at radius 2 is 1.92 bits per heavy atom. The highest BCUT2D eigenvalue weighted by atomic mass is 79.9. The standard InChI is InChI=1S/C18H18BrN5OS/c1-13(15-7-9-16(19)10-8-15)20-17(25)12-26-18-21-22-23-24(18)11-14-5-3-2-4-6-14/h2-10,13H,11-12H2,1H3,(H,20,25). The number of rotatable bonds is 7. The molecule has 0 radical (unpaired) electrons. The van der Waals surface area contributed by atoms with Crippen LogP contribution in [0.2, 0.25) is 0 Å². The lowest BCUT2D eigenvalue weighted by Gasteiger charge is -2.14. The lowest BCUT2D eigenvalue weighted by Crippen LogP contribution is -2.28. The molecule has 0 spiro atoms. The van der Waals surface area contributed by atoms with Gasteiger partial charge in [0.05, 0.1) is 18.3 Å². The van der Waals surface area contributed by atoms with Crippen LogP contribution >= 0.6 is 27.7 Å². The summed E-state index contributed by atoms with van der Waals surface area (Å²) in [5, 5.41) is 15.4. The summed E-state index contributed by atoms with van der Waals surface area (Å²) in [6.07, 6.45) is 0. The van der Waals surface area contributed by atoms with Gasteiger partial charge in [-0.3, -0.25) is 4.79 Å². The molecule has 0 saturated heterocycles. The molecule has 0 fully saturated rings. The largest absolute Gasteiger partial charge is 0.349 e. The van der Waals surface area contributed by atoms with E-state index >= 15 is 0 Å². The second-order valence-corrected chi connectivity index (χ2v) is 7.59. The number of thioether (sulfide) groups is 1. The number of aromatic nitrogens is 4. The summed E-state index contributed by atoms with van der Waals surface area (Å²) >= 11 is 4.74. The van der Waals surface area contributed by atoms with E-state index in [9.17, 15) is 4.79 Å². The molecule has 3 rings (SSSR count). The number of tetrazole rings is 1. The lowest BCUT2D eigenvalue weighted by molar-refractivity contribution is -0.119. The predicted molar refractivity (Wildman–Crippen MR) is 105 cm³/mol. The van der Waals surface area contributed by atoms with Crippen LogP contribution in [0.25, 0.3) is 0 Å². The number of amides is 1. The van der Waals surface area contributed by atoms with Crippen LogP contribution in [0.3, 0.4) is 0 Å². The maximum atomic E-state index is 12.2. The van der Waals surface area contributed by atoms with Crippen LogP contribution in [0.1, 0.15) is 24.1 Å². The molecule has 1 aromatic heterocycles. The van der Waals surface area contributed by atoms with Gasteiger partial charge in [0, 0.05) is 4.47 Å². The van der Waals surface area contributed by atoms with Gasteiger partial charge in [-0.1, -0.05) is 70.2 Å². The third-order valence-electron chi connectivity index (χ3n) is 3.75. The molecule has 0 saturated carbocycles. The molecule has 2 aromatic carbocycles. The monoisotopic (exact) mass is 431 g/mol. The van der Waals surface area contributed by atoms with Crippen molar-refractivity contribution >= 4 is 33.6 Å². The highest BCUT2D eigenvalue weighted by Crippen LogP contribution is 2.18. The minimum atomic E-state index is -0.0588. The molecule has 0 aliphatic heterocycles. The van der Waals surface area contributed by atoms with Crippen LogP contribution in [0.4, 0.5) is 0 Å². The SMILES string of the molecule is CC(NC(=O)CSc1nnnn1Cc1ccccc1)c1ccc(Br)cc1. The van der Waals surface area contributed by atoms with Gasteiger partial charge in [-0.05, 0) is 40.6 Å². The van der Waals surface area contributed by atoms with Crippen molar-refractivity contribution in [1.29, 1.82) is 0 Å². The number of nitrogens with one attached hydrogen (secondary N) is 1. The Morgan fingerprint density at radius 3 is 2.65 bits per heavy atom. The van der Waals surface area contributed by atoms with Crippen molar-refractivity contribution in [2.75, 3.05) is 5.75 Å². The maximum Gasteiger partial charge on any atom is 0.230 e. The molecule has 26 heavy (non-hydrogen) atoms. The summed E-state index contributed by atoms with van der Waals surface area (Å²) in [5.74, 6) is 0.204. The molecule has 0 aliphatic rings. The fourth-order valence-corrected chi connectivity index (χ4v) is 3.36. The topological polar surface area (TPSA) is 72.7 Å². The second kappa shape index (κ2) is 8.95. The fraction of sp³-hybridized carbons (Fsp3) is 0.222. The summed E-state index contributed by atoms with van der Waals surface area (Å²) in [7, 11) is 0. The Kier molecular flexibility index (Phi) is 6.40. The quantitative estimate of drug-likeness (QED) is 0.579. The first-order valence-corrected chi connectivity index (χ1v) is 9.87. The third kappa shape index (κ3) is 5.15. The van der Waals surface area contributed by atoms with E-state index in [-0.39, 0.29) is 17.7 Å². The van der Waals surface area contributed by atoms with Gasteiger partial charge in [0.2, 0.25) is 11.1 Å². The van der Waals surface area contributed by atoms with E-state index in [0.717, 1.165) is 15.6 Å². The zero-order valence-corrected chi connectivity index (χ0v) is 16.6. The number of hydrogen-bond donors (Lipinski definition) is 1. The van der Waals surface area contributed by atoms with Gasteiger partial charge in [0.15, 0.2) is 0 Å². The average molecular weight is 432 g/mol. The summed E-state index contributed by atoms with van der Waals surface area (Å²) in [6.45, 7) is 2.54. The smallest absolute Gasteiger partial charge is 0.230 e. The number of halogens is 1. The molecule has 3 aromatic rings. The highest BCUT2D eigenvalue weighted by molar-refractivity contribution is 9.10. The number of benzene rings is 2. The summed E-state index contributed by atoms with van der Waals surface area (Å²) in [6, 6.07) is 17.8. The van der Waals surface area contributed by atoms with Crippen LogP contribution in [0.5, 0.6) is 0 Å². The van der Waals surface area contributed by atoms with Crippen molar-refractivity contribution in [3.05, 3.63) is 70.2 Å². The van der Waals surface area contributed by atoms with Gasteiger partial charge in [0.25, 0.3) is 0 Å². The number of carbonyl (C=O) groups excluding carboxylic acids is 1. The minimum absolute atomic E-state index is 0.0559. The van der Waals surface area contributed by atoms with Gasteiger partial charge in [-0.2, -0.15) is 0 Å². The van der Waals surface area contributed by atoms with E-state index in [2.05, 4.69) is 36.8 Å². The van der Waals surface area contributed by atoms with Crippen molar-refractivity contribution in [1.82, 2.24) is 25.5 Å². The molecule has 1 amide bonds. The highest BCUT2D eigenvalue weighted by Gasteiger charge is 2.13. The summed E-state index contributed by atoms with van der Waals surface area (Å²) in [5.41, 5.74) is 2.16. The summed E-state index contributed by atoms with van der Waals surface area (Å²) in [4.78, 5) is 12.2. The van der Waals surface area contributed by atoms with E-state index in [4.69, 9.17) is 0 Å². The molecule has 1 unspecified atom stereocenters. The molecule has 134 valence electrons. The van der Waals surface area contributed by atoms with Gasteiger partial charge in [0.1, 0.15) is 0 Å². The number of nitrogens with zero attached hydrogens (tertiary/aromatic N) is 4. The molecule has 1 atom stereocenters. The Balaban J connectivity index is 1.53. The van der Waals surface area contributed by atoms with Gasteiger partial charge < -0.3 is 5.32 Å². The normalized spacial score (nSPS) is 11.9. The van der Waals surface area contributed by atoms with Crippen LogP contribution in [-0.2, 0) is 11.3 Å². The Labute approximate surface area is 164 Å². The van der Waals surface area contributed by atoms with Gasteiger partial charge >= 0.3 is 0 Å². The molecule has 8 heteroatoms. The molecule has 1 heterocycles. The molecular formula is C18H18BrN5OS. The predicted octanol–water partition coefficient (Wildman–Crippen LogP) is 3.45. The number of hydrogen-bond acceptors (Lipinski definition) is 5. The molecule has 0 bridgehead atoms. The van der Waals surface area contributed by atoms with E-state index in [1.54, 1.807) is 4.68 Å². The Bertz CT molecular complexity index is 854. The molecule has 1 N–H and O–H groups in total. The van der Waals surface area contributed by atoms with Crippen molar-refractivity contribution in [3.63, 3.8) is 0 Å². The van der Waals surface area contributed by atoms with Crippen LogP contribution < -0.4 is 5.32 Å².